The van der Waals surface area contributed by atoms with Gasteiger partial charge in [-0.3, -0.25) is 0 Å². The van der Waals surface area contributed by atoms with Gasteiger partial charge in [-0.2, -0.15) is 0 Å². The summed E-state index contributed by atoms with van der Waals surface area (Å²) in [5.41, 5.74) is 6.17. The highest BCUT2D eigenvalue weighted by molar-refractivity contribution is 6.15. The quantitative estimate of drug-likeness (QED) is 0.269. The first kappa shape index (κ1) is 14.0. The van der Waals surface area contributed by atoms with Crippen LogP contribution in [0.4, 0.5) is 0 Å². The first-order valence-electron chi connectivity index (χ1n) is 13.4. The maximum Gasteiger partial charge on any atom is 0.136 e. The molecule has 5 aromatic carbocycles. The molecule has 33 heavy (non-hydrogen) atoms. The first-order chi connectivity index (χ1) is 18.4. The molecule has 2 aromatic heterocycles. The predicted octanol–water partition coefficient (Wildman–Crippen LogP) is 8.66. The van der Waals surface area contributed by atoms with Gasteiger partial charge in [-0.1, -0.05) is 78.7 Å². The average molecular weight is 429 g/mol. The van der Waals surface area contributed by atoms with E-state index in [0.29, 0.717) is 16.7 Å². The van der Waals surface area contributed by atoms with Crippen LogP contribution >= 0.6 is 0 Å². The molecular weight excluding hydrogens is 402 g/mol. The molecule has 0 atom stereocenters. The average Bonchev–Trinajstić information content (AvgIpc) is 3.48. The molecule has 0 radical (unpaired) electrons. The van der Waals surface area contributed by atoms with Crippen LogP contribution in [0.5, 0.6) is 0 Å². The van der Waals surface area contributed by atoms with Crippen LogP contribution in [0.25, 0.3) is 60.6 Å². The summed E-state index contributed by atoms with van der Waals surface area (Å²) in [6.07, 6.45) is 0. The molecule has 0 unspecified atom stereocenters. The summed E-state index contributed by atoms with van der Waals surface area (Å²) >= 11 is 0. The summed E-state index contributed by atoms with van der Waals surface area (Å²) < 4.78 is 50.1. The molecule has 0 aliphatic carbocycles. The van der Waals surface area contributed by atoms with E-state index in [1.54, 1.807) is 12.1 Å². The van der Waals surface area contributed by atoms with Crippen molar-refractivity contribution in [3.63, 3.8) is 0 Å². The molecule has 0 N–H and O–H groups in total. The topological polar surface area (TPSA) is 18.1 Å². The Morgan fingerprint density at radius 2 is 1.33 bits per heavy atom. The minimum atomic E-state index is -0.405. The summed E-state index contributed by atoms with van der Waals surface area (Å²) in [4.78, 5) is 0. The van der Waals surface area contributed by atoms with Crippen LogP contribution in [0.3, 0.4) is 0 Å². The Bertz CT molecular complexity index is 2020. The molecule has 7 aromatic rings. The van der Waals surface area contributed by atoms with Gasteiger partial charge in [0, 0.05) is 27.2 Å². The first-order valence-corrected chi connectivity index (χ1v) is 10.9. The van der Waals surface area contributed by atoms with Gasteiger partial charge >= 0.3 is 0 Å². The molecule has 0 aliphatic rings. The van der Waals surface area contributed by atoms with Crippen molar-refractivity contribution in [1.82, 2.24) is 4.57 Å². The van der Waals surface area contributed by atoms with Crippen molar-refractivity contribution in [3.8, 4) is 16.8 Å². The minimum Gasteiger partial charge on any atom is -0.456 e. The molecule has 0 saturated heterocycles. The number of furan rings is 1. The maximum atomic E-state index is 8.59. The van der Waals surface area contributed by atoms with Crippen molar-refractivity contribution in [2.45, 2.75) is 6.92 Å². The van der Waals surface area contributed by atoms with Crippen molar-refractivity contribution in [1.29, 1.82) is 0 Å². The van der Waals surface area contributed by atoms with Gasteiger partial charge in [0.25, 0.3) is 0 Å². The van der Waals surface area contributed by atoms with E-state index >= 15 is 0 Å². The lowest BCUT2D eigenvalue weighted by molar-refractivity contribution is 0.669. The third-order valence-corrected chi connectivity index (χ3v) is 6.48. The Kier molecular flexibility index (Phi) is 2.90. The Balaban J connectivity index is 1.62. The van der Waals surface area contributed by atoms with Crippen molar-refractivity contribution in [2.75, 3.05) is 0 Å². The third kappa shape index (κ3) is 2.55. The van der Waals surface area contributed by atoms with Gasteiger partial charge in [0.2, 0.25) is 0 Å². The minimum absolute atomic E-state index is 0.172. The van der Waals surface area contributed by atoms with E-state index in [9.17, 15) is 0 Å². The van der Waals surface area contributed by atoms with E-state index in [4.69, 9.17) is 11.3 Å². The van der Waals surface area contributed by atoms with Gasteiger partial charge in [-0.15, -0.1) is 0 Å². The lowest BCUT2D eigenvalue weighted by atomic mass is 9.97. The number of fused-ring (bicyclic) bond motifs is 6. The fourth-order valence-corrected chi connectivity index (χ4v) is 5.08. The number of rotatable bonds is 2. The number of aryl methyl sites for hydroxylation is 1. The summed E-state index contributed by atoms with van der Waals surface area (Å²) in [7, 11) is 0. The molecule has 2 heterocycles. The van der Waals surface area contributed by atoms with Crippen molar-refractivity contribution in [3.05, 3.63) is 115 Å². The van der Waals surface area contributed by atoms with E-state index in [-0.39, 0.29) is 29.7 Å². The van der Waals surface area contributed by atoms with Crippen LogP contribution in [0.1, 0.15) is 12.4 Å². The second kappa shape index (κ2) is 6.85. The number of aromatic nitrogens is 1. The Morgan fingerprint density at radius 3 is 2.06 bits per heavy atom. The molecule has 0 fully saturated rings. The zero-order valence-corrected chi connectivity index (χ0v) is 17.9. The molecule has 0 bridgehead atoms. The van der Waals surface area contributed by atoms with Gasteiger partial charge < -0.3 is 8.98 Å². The number of para-hydroxylation sites is 2. The number of nitrogens with zero attached hydrogens (tertiary/aromatic N) is 1. The molecule has 156 valence electrons. The second-order valence-corrected chi connectivity index (χ2v) is 8.23. The highest BCUT2D eigenvalue weighted by atomic mass is 16.3. The van der Waals surface area contributed by atoms with Gasteiger partial charge in [0.15, 0.2) is 0 Å². The summed E-state index contributed by atoms with van der Waals surface area (Å²) in [5, 5.41) is 3.93. The molecule has 2 nitrogen and oxygen atoms in total. The van der Waals surface area contributed by atoms with E-state index in [0.717, 1.165) is 33.1 Å². The van der Waals surface area contributed by atoms with Crippen LogP contribution in [0.2, 0.25) is 0 Å². The lowest BCUT2D eigenvalue weighted by Crippen LogP contribution is -1.97. The summed E-state index contributed by atoms with van der Waals surface area (Å²) in [6.45, 7) is 2.05. The zero-order chi connectivity index (χ0) is 26.3. The monoisotopic (exact) mass is 428 g/mol. The molecular formula is C31H21NO. The highest BCUT2D eigenvalue weighted by Gasteiger charge is 2.19. The number of hydrogen-bond donors (Lipinski definition) is 0. The van der Waals surface area contributed by atoms with Gasteiger partial charge in [0.05, 0.1) is 17.9 Å². The second-order valence-electron chi connectivity index (χ2n) is 8.23. The van der Waals surface area contributed by atoms with E-state index in [1.165, 1.54) is 10.8 Å². The predicted molar refractivity (Wildman–Crippen MR) is 138 cm³/mol. The van der Waals surface area contributed by atoms with E-state index in [1.807, 2.05) is 36.4 Å². The fraction of sp³-hybridized carbons (Fsp3) is 0.0323. The lowest BCUT2D eigenvalue weighted by Gasteiger charge is -2.12. The molecule has 0 spiro atoms. The molecule has 7 rings (SSSR count). The van der Waals surface area contributed by atoms with Crippen molar-refractivity contribution >= 4 is 43.7 Å². The maximum absolute atomic E-state index is 8.59. The third-order valence-electron chi connectivity index (χ3n) is 6.48. The summed E-state index contributed by atoms with van der Waals surface area (Å²) in [5.74, 6) is 0. The number of benzene rings is 5. The molecule has 0 aliphatic heterocycles. The van der Waals surface area contributed by atoms with Gasteiger partial charge in [-0.05, 0) is 53.9 Å². The molecule has 2 heteroatoms. The Hall–Kier alpha value is -4.30. The number of hydrogen-bond acceptors (Lipinski definition) is 1. The smallest absolute Gasteiger partial charge is 0.136 e. The van der Waals surface area contributed by atoms with Crippen LogP contribution in [-0.4, -0.2) is 4.57 Å². The van der Waals surface area contributed by atoms with Crippen LogP contribution in [-0.2, 0) is 0 Å². The normalized spacial score (nSPS) is 13.9. The summed E-state index contributed by atoms with van der Waals surface area (Å²) in [6, 6.07) is 24.6. The fourth-order valence-electron chi connectivity index (χ4n) is 5.08. The molecule has 0 amide bonds. The van der Waals surface area contributed by atoms with Crippen LogP contribution in [0, 0.1) is 6.92 Å². The molecule has 0 saturated carbocycles. The van der Waals surface area contributed by atoms with E-state index in [2.05, 4.69) is 41.8 Å². The Morgan fingerprint density at radius 1 is 0.667 bits per heavy atom. The van der Waals surface area contributed by atoms with Crippen LogP contribution < -0.4 is 0 Å². The standard InChI is InChI=1S/C31H21NO/c1-20-25(32-26-15-7-5-12-23(26)24-13-6-8-16-27(24)32)18-19-29-30(20)31-22(14-9-17-28(31)33-29)21-10-3-2-4-11-21/h2-19H,1H3/i2D,3D,4D,10D,11D. The van der Waals surface area contributed by atoms with Gasteiger partial charge in [0.1, 0.15) is 11.2 Å². The SMILES string of the molecule is [2H]c1c([2H])c([2H])c(-c2cccc3oc4ccc(-n5c6ccccc6c6ccccc65)c(C)c4c23)c([2H])c1[2H]. The van der Waals surface area contributed by atoms with Crippen molar-refractivity contribution in [2.24, 2.45) is 0 Å². The highest BCUT2D eigenvalue weighted by Crippen LogP contribution is 2.41. The largest absolute Gasteiger partial charge is 0.456 e. The van der Waals surface area contributed by atoms with E-state index < -0.39 is 6.04 Å². The zero-order valence-electron chi connectivity index (χ0n) is 22.9. The van der Waals surface area contributed by atoms with Crippen LogP contribution in [0.15, 0.2) is 113 Å². The van der Waals surface area contributed by atoms with Gasteiger partial charge in [-0.25, -0.2) is 0 Å². The van der Waals surface area contributed by atoms with Crippen molar-refractivity contribution < 1.29 is 11.3 Å². The Labute approximate surface area is 198 Å².